The predicted molar refractivity (Wildman–Crippen MR) is 137 cm³/mol. The van der Waals surface area contributed by atoms with E-state index in [0.29, 0.717) is 16.4 Å². The molecule has 174 valence electrons. The van der Waals surface area contributed by atoms with Crippen LogP contribution in [0.15, 0.2) is 71.7 Å². The minimum absolute atomic E-state index is 0.0533. The smallest absolute Gasteiger partial charge is 0.239 e. The Balaban J connectivity index is 2.21. The molecule has 0 spiro atoms. The molecule has 0 fully saturated rings. The lowest BCUT2D eigenvalue weighted by Gasteiger charge is -2.19. The molecule has 0 saturated carbocycles. The van der Waals surface area contributed by atoms with Crippen LogP contribution < -0.4 is 0 Å². The predicted octanol–water partition coefficient (Wildman–Crippen LogP) is 9.46. The molecule has 0 heterocycles. The molecule has 0 aliphatic carbocycles. The van der Waals surface area contributed by atoms with Crippen LogP contribution in [0.4, 0.5) is 18.9 Å². The Hall–Kier alpha value is -2.16. The van der Waals surface area contributed by atoms with E-state index in [1.807, 2.05) is 51.1 Å². The van der Waals surface area contributed by atoms with E-state index in [2.05, 4.69) is 9.24 Å². The summed E-state index contributed by atoms with van der Waals surface area (Å²) >= 11 is 6.58. The van der Waals surface area contributed by atoms with E-state index < -0.39 is 11.3 Å². The second kappa shape index (κ2) is 9.24. The molecule has 0 radical (unpaired) electrons. The molecule has 33 heavy (non-hydrogen) atoms. The lowest BCUT2D eigenvalue weighted by atomic mass is 9.93. The fraction of sp³-hybridized carbons (Fsp3) is 0.296. The fourth-order valence-corrected chi connectivity index (χ4v) is 3.59. The Kier molecular flexibility index (Phi) is 7.13. The first-order valence-electron chi connectivity index (χ1n) is 10.6. The van der Waals surface area contributed by atoms with E-state index in [4.69, 9.17) is 16.6 Å². The van der Waals surface area contributed by atoms with Gasteiger partial charge in [0.2, 0.25) is 0 Å². The minimum Gasteiger partial charge on any atom is -0.239 e. The number of para-hydroxylation sites is 1. The molecule has 0 N–H and O–H groups in total. The van der Waals surface area contributed by atoms with Crippen molar-refractivity contribution >= 4 is 31.7 Å². The summed E-state index contributed by atoms with van der Waals surface area (Å²) in [5.74, 6) is -2.92. The zero-order chi connectivity index (χ0) is 24.6. The van der Waals surface area contributed by atoms with Gasteiger partial charge in [-0.25, -0.2) is 18.2 Å². The largest absolute Gasteiger partial charge is 0.270 e. The second-order valence-electron chi connectivity index (χ2n) is 9.47. The summed E-state index contributed by atoms with van der Waals surface area (Å²) < 4.78 is 41.7. The number of aliphatic imine (C=N–C) groups is 1. The maximum absolute atomic E-state index is 14.3. The Labute approximate surface area is 201 Å². The monoisotopic (exact) mass is 489 g/mol. The molecular weight excluding hydrogens is 462 g/mol. The minimum atomic E-state index is -2.92. The van der Waals surface area contributed by atoms with E-state index in [0.717, 1.165) is 29.2 Å². The summed E-state index contributed by atoms with van der Waals surface area (Å²) in [6, 6.07) is 19.1. The van der Waals surface area contributed by atoms with E-state index >= 15 is 0 Å². The molecule has 0 saturated heterocycles. The topological polar surface area (TPSA) is 12.4 Å². The van der Waals surface area contributed by atoms with Gasteiger partial charge in [0.25, 0.3) is 5.92 Å². The van der Waals surface area contributed by atoms with Gasteiger partial charge in [-0.3, -0.25) is 0 Å². The van der Waals surface area contributed by atoms with Crippen LogP contribution in [-0.2, 0) is 11.3 Å². The first kappa shape index (κ1) is 25.5. The van der Waals surface area contributed by atoms with Crippen LogP contribution in [0.3, 0.4) is 0 Å². The molecule has 0 aromatic heterocycles. The molecule has 2 unspecified atom stereocenters. The van der Waals surface area contributed by atoms with Crippen molar-refractivity contribution in [2.24, 2.45) is 10.4 Å². The second-order valence-corrected chi connectivity index (χ2v) is 10.9. The molecule has 3 aromatic rings. The van der Waals surface area contributed by atoms with Gasteiger partial charge in [-0.05, 0) is 23.6 Å². The van der Waals surface area contributed by atoms with Gasteiger partial charge in [-0.1, -0.05) is 108 Å². The van der Waals surface area contributed by atoms with Crippen LogP contribution >= 0.6 is 20.8 Å². The highest BCUT2D eigenvalue weighted by Gasteiger charge is 2.25. The number of benzene rings is 3. The van der Waals surface area contributed by atoms with E-state index in [1.165, 1.54) is 19.1 Å². The average molecular weight is 490 g/mol. The third-order valence-electron chi connectivity index (χ3n) is 5.33. The van der Waals surface area contributed by atoms with Gasteiger partial charge in [0.15, 0.2) is 0 Å². The fourth-order valence-electron chi connectivity index (χ4n) is 3.31. The average Bonchev–Trinajstić information content (AvgIpc) is 2.72. The number of alkyl halides is 3. The van der Waals surface area contributed by atoms with Crippen molar-refractivity contribution in [1.82, 2.24) is 0 Å². The molecular formula is C27H28ClF3NP. The Morgan fingerprint density at radius 2 is 1.15 bits per heavy atom. The van der Waals surface area contributed by atoms with Crippen LogP contribution in [0.25, 0.3) is 22.3 Å². The molecule has 0 bridgehead atoms. The van der Waals surface area contributed by atoms with Gasteiger partial charge in [-0.2, -0.15) is 0 Å². The molecule has 3 aromatic carbocycles. The summed E-state index contributed by atoms with van der Waals surface area (Å²) in [5, 5.41) is -1.11. The van der Waals surface area contributed by atoms with E-state index in [1.54, 1.807) is 24.3 Å². The quantitative estimate of drug-likeness (QED) is 0.250. The number of hydrogen-bond acceptors (Lipinski definition) is 1. The molecule has 0 aliphatic heterocycles. The van der Waals surface area contributed by atoms with Crippen LogP contribution in [0.2, 0.25) is 0 Å². The van der Waals surface area contributed by atoms with Gasteiger partial charge in [0.1, 0.15) is 10.6 Å². The van der Waals surface area contributed by atoms with Crippen LogP contribution in [-0.4, -0.2) is 5.17 Å². The van der Waals surface area contributed by atoms with Crippen molar-refractivity contribution in [2.45, 2.75) is 46.0 Å². The van der Waals surface area contributed by atoms with Crippen molar-refractivity contribution in [1.29, 1.82) is 0 Å². The van der Waals surface area contributed by atoms with Gasteiger partial charge in [0, 0.05) is 29.0 Å². The molecule has 0 aliphatic rings. The van der Waals surface area contributed by atoms with Crippen molar-refractivity contribution in [2.75, 3.05) is 0 Å². The zero-order valence-corrected chi connectivity index (χ0v) is 21.3. The number of rotatable bonds is 5. The summed E-state index contributed by atoms with van der Waals surface area (Å²) in [6.07, 6.45) is 0. The van der Waals surface area contributed by atoms with Crippen LogP contribution in [0, 0.1) is 5.41 Å². The number of hydrogen-bond donors (Lipinski definition) is 0. The molecule has 0 amide bonds. The maximum Gasteiger partial charge on any atom is 0.270 e. The number of halogens is 4. The van der Waals surface area contributed by atoms with Crippen molar-refractivity contribution in [3.63, 3.8) is 0 Å². The lowest BCUT2D eigenvalue weighted by molar-refractivity contribution is 0.0175. The highest BCUT2D eigenvalue weighted by molar-refractivity contribution is 7.18. The highest BCUT2D eigenvalue weighted by atomic mass is 35.5. The van der Waals surface area contributed by atoms with Gasteiger partial charge in [-0.15, -0.1) is 0 Å². The lowest BCUT2D eigenvalue weighted by Crippen LogP contribution is -2.14. The normalized spacial score (nSPS) is 14.8. The van der Waals surface area contributed by atoms with Gasteiger partial charge in [0.05, 0.1) is 5.69 Å². The third kappa shape index (κ3) is 6.05. The summed E-state index contributed by atoms with van der Waals surface area (Å²) in [4.78, 5) is 4.78. The molecule has 3 rings (SSSR count). The Bertz CT molecular complexity index is 1070. The summed E-state index contributed by atoms with van der Waals surface area (Å²) in [7, 11) is 2.19. The standard InChI is InChI=1S/C27H28ClF3NP/c1-25(2,3)24(28)32-23-21(17-9-13-19(14-10-17)26(4,29)30)7-6-8-22(23)18-11-15-20(16-12-18)27(5,31)33/h6-16H,33H2,1-5H3. The van der Waals surface area contributed by atoms with Crippen molar-refractivity contribution in [3.8, 4) is 22.3 Å². The molecule has 6 heteroatoms. The Morgan fingerprint density at radius 1 is 0.727 bits per heavy atom. The Morgan fingerprint density at radius 3 is 1.52 bits per heavy atom. The van der Waals surface area contributed by atoms with Crippen LogP contribution in [0.1, 0.15) is 45.7 Å². The zero-order valence-electron chi connectivity index (χ0n) is 19.4. The third-order valence-corrected chi connectivity index (χ3v) is 6.31. The molecule has 1 nitrogen and oxygen atoms in total. The van der Waals surface area contributed by atoms with E-state index in [9.17, 15) is 13.2 Å². The van der Waals surface area contributed by atoms with Crippen molar-refractivity contribution < 1.29 is 13.2 Å². The highest BCUT2D eigenvalue weighted by Crippen LogP contribution is 2.42. The van der Waals surface area contributed by atoms with Gasteiger partial charge < -0.3 is 0 Å². The number of nitrogens with zero attached hydrogens (tertiary/aromatic N) is 1. The van der Waals surface area contributed by atoms with Crippen molar-refractivity contribution in [3.05, 3.63) is 77.9 Å². The first-order chi connectivity index (χ1) is 15.2. The first-order valence-corrected chi connectivity index (χ1v) is 11.6. The van der Waals surface area contributed by atoms with E-state index in [-0.39, 0.29) is 11.0 Å². The molecule has 2 atom stereocenters. The van der Waals surface area contributed by atoms with Gasteiger partial charge >= 0.3 is 0 Å². The SMILES string of the molecule is CC(C)(C)C(Cl)=Nc1c(-c2ccc(C(C)(F)F)cc2)cccc1-c1ccc(C(C)(F)P)cc1. The van der Waals surface area contributed by atoms with Crippen LogP contribution in [0.5, 0.6) is 0 Å². The summed E-state index contributed by atoms with van der Waals surface area (Å²) in [5.41, 5.74) is 3.93. The summed E-state index contributed by atoms with van der Waals surface area (Å²) in [6.45, 7) is 8.26. The maximum atomic E-state index is 14.3.